The first-order valence-electron chi connectivity index (χ1n) is 15.1. The fourth-order valence-corrected chi connectivity index (χ4v) is 7.28. The zero-order valence-electron chi connectivity index (χ0n) is 26.7. The third-order valence-corrected chi connectivity index (χ3v) is 8.98. The van der Waals surface area contributed by atoms with Crippen LogP contribution in [0, 0.1) is 5.41 Å². The number of benzene rings is 3. The summed E-state index contributed by atoms with van der Waals surface area (Å²) >= 11 is 0. The van der Waals surface area contributed by atoms with Gasteiger partial charge in [0.1, 0.15) is 24.3 Å². The number of nitrogens with zero attached hydrogens (tertiary/aromatic N) is 3. The molecule has 0 radical (unpaired) electrons. The summed E-state index contributed by atoms with van der Waals surface area (Å²) in [6, 6.07) is 29.2. The Hall–Kier alpha value is -4.15. The summed E-state index contributed by atoms with van der Waals surface area (Å²) in [7, 11) is -3.84. The van der Waals surface area contributed by atoms with Crippen LogP contribution in [-0.2, 0) is 46.3 Å². The maximum atomic E-state index is 13.7. The van der Waals surface area contributed by atoms with Crippen molar-refractivity contribution in [1.29, 1.82) is 5.41 Å². The average molecular weight is 649 g/mol. The van der Waals surface area contributed by atoms with Crippen LogP contribution in [0.25, 0.3) is 0 Å². The highest BCUT2D eigenvalue weighted by Crippen LogP contribution is 2.51. The van der Waals surface area contributed by atoms with Gasteiger partial charge in [-0.15, -0.1) is 0 Å². The molecule has 0 amide bonds. The molecule has 46 heavy (non-hydrogen) atoms. The molecule has 4 aromatic rings. The summed E-state index contributed by atoms with van der Waals surface area (Å²) in [4.78, 5) is 30.0. The van der Waals surface area contributed by atoms with Gasteiger partial charge in [-0.1, -0.05) is 91.0 Å². The molecule has 1 aromatic heterocycles. The lowest BCUT2D eigenvalue weighted by molar-refractivity contribution is -0.153. The molecule has 1 heterocycles. The van der Waals surface area contributed by atoms with Crippen molar-refractivity contribution in [3.8, 4) is 0 Å². The molecule has 12 heteroatoms. The molecular weight excluding hydrogens is 607 g/mol. The lowest BCUT2D eigenvalue weighted by atomic mass is 9.80. The number of carbonyl (C=O) groups is 1. The Bertz CT molecular complexity index is 1630. The number of ether oxygens (including phenoxy) is 2. The van der Waals surface area contributed by atoms with Crippen molar-refractivity contribution in [3.63, 3.8) is 0 Å². The van der Waals surface area contributed by atoms with Crippen molar-refractivity contribution in [2.45, 2.75) is 71.4 Å². The number of nitrogens with one attached hydrogen (secondary N) is 1. The molecule has 1 N–H and O–H groups in total. The fourth-order valence-electron chi connectivity index (χ4n) is 5.21. The van der Waals surface area contributed by atoms with Crippen molar-refractivity contribution >= 4 is 13.6 Å². The highest BCUT2D eigenvalue weighted by atomic mass is 31.2. The minimum absolute atomic E-state index is 0.112. The van der Waals surface area contributed by atoms with E-state index in [9.17, 15) is 14.2 Å². The van der Waals surface area contributed by atoms with Gasteiger partial charge < -0.3 is 18.5 Å². The number of aromatic nitrogens is 3. The van der Waals surface area contributed by atoms with Gasteiger partial charge in [0.05, 0.1) is 25.4 Å². The number of carbonyl (C=O) groups excluding carboxylic acids is 1. The summed E-state index contributed by atoms with van der Waals surface area (Å²) in [5.74, 6) is -0.565. The van der Waals surface area contributed by atoms with Crippen molar-refractivity contribution < 1.29 is 27.9 Å². The van der Waals surface area contributed by atoms with Crippen LogP contribution in [0.2, 0.25) is 0 Å². The molecule has 244 valence electrons. The van der Waals surface area contributed by atoms with Gasteiger partial charge in [-0.25, -0.2) is 9.78 Å². The SMILES string of the molecule is CC(=O)O[C@H](COC(c1ccccc1)(c1ccccc1)c1ccccc1)Cn1cnc(=N)n(CP(=O)(OC(C)C)OC(C)C)c1=O. The molecule has 3 aromatic carbocycles. The normalized spacial score (nSPS) is 12.8. The van der Waals surface area contributed by atoms with Crippen molar-refractivity contribution in [2.75, 3.05) is 6.61 Å². The number of hydrogen-bond donors (Lipinski definition) is 1. The van der Waals surface area contributed by atoms with Gasteiger partial charge in [-0.3, -0.25) is 23.9 Å². The lowest BCUT2D eigenvalue weighted by Crippen LogP contribution is -2.44. The third kappa shape index (κ3) is 8.55. The highest BCUT2D eigenvalue weighted by Gasteiger charge is 2.38. The highest BCUT2D eigenvalue weighted by molar-refractivity contribution is 7.52. The molecule has 0 fully saturated rings. The van der Waals surface area contributed by atoms with Gasteiger partial charge in [0.2, 0.25) is 5.62 Å². The van der Waals surface area contributed by atoms with E-state index in [1.54, 1.807) is 27.7 Å². The summed E-state index contributed by atoms with van der Waals surface area (Å²) in [5.41, 5.74) is 0.363. The van der Waals surface area contributed by atoms with Crippen LogP contribution in [0.15, 0.2) is 102 Å². The molecule has 0 unspecified atom stereocenters. The van der Waals surface area contributed by atoms with Gasteiger partial charge in [-0.05, 0) is 44.4 Å². The lowest BCUT2D eigenvalue weighted by Gasteiger charge is -2.37. The molecule has 0 aliphatic carbocycles. The summed E-state index contributed by atoms with van der Waals surface area (Å²) in [5, 5.41) is 8.29. The second-order valence-corrected chi connectivity index (χ2v) is 13.2. The van der Waals surface area contributed by atoms with E-state index in [0.29, 0.717) is 0 Å². The molecule has 0 saturated carbocycles. The first-order chi connectivity index (χ1) is 21.9. The first-order valence-corrected chi connectivity index (χ1v) is 16.8. The Morgan fingerprint density at radius 1 is 0.848 bits per heavy atom. The Morgan fingerprint density at radius 3 is 1.72 bits per heavy atom. The molecule has 0 spiro atoms. The van der Waals surface area contributed by atoms with E-state index >= 15 is 0 Å². The minimum atomic E-state index is -3.84. The van der Waals surface area contributed by atoms with Crippen LogP contribution in [0.1, 0.15) is 51.3 Å². The minimum Gasteiger partial charge on any atom is -0.458 e. The molecule has 0 saturated heterocycles. The number of rotatable bonds is 15. The predicted octanol–water partition coefficient (Wildman–Crippen LogP) is 5.47. The van der Waals surface area contributed by atoms with E-state index in [-0.39, 0.29) is 13.2 Å². The van der Waals surface area contributed by atoms with Gasteiger partial charge in [0, 0.05) is 6.92 Å². The Labute approximate surface area is 268 Å². The van der Waals surface area contributed by atoms with Gasteiger partial charge in [0.25, 0.3) is 0 Å². The largest absolute Gasteiger partial charge is 0.458 e. The Balaban J connectivity index is 1.73. The van der Waals surface area contributed by atoms with Crippen LogP contribution in [0.5, 0.6) is 0 Å². The molecular formula is C34H41N4O7P. The van der Waals surface area contributed by atoms with Crippen molar-refractivity contribution in [2.24, 2.45) is 0 Å². The predicted molar refractivity (Wildman–Crippen MR) is 173 cm³/mol. The van der Waals surface area contributed by atoms with E-state index in [1.165, 1.54) is 17.8 Å². The van der Waals surface area contributed by atoms with E-state index in [2.05, 4.69) is 4.98 Å². The van der Waals surface area contributed by atoms with E-state index in [4.69, 9.17) is 23.9 Å². The summed E-state index contributed by atoms with van der Waals surface area (Å²) < 4.78 is 39.4. The zero-order chi connectivity index (χ0) is 33.3. The molecule has 0 aliphatic heterocycles. The molecule has 1 atom stereocenters. The fraction of sp³-hybridized carbons (Fsp3) is 0.353. The van der Waals surface area contributed by atoms with Gasteiger partial charge in [-0.2, -0.15) is 0 Å². The van der Waals surface area contributed by atoms with Crippen molar-refractivity contribution in [3.05, 3.63) is 130 Å². The first kappa shape index (κ1) is 34.7. The zero-order valence-corrected chi connectivity index (χ0v) is 27.6. The van der Waals surface area contributed by atoms with Gasteiger partial charge in [0.15, 0.2) is 0 Å². The molecule has 0 bridgehead atoms. The van der Waals surface area contributed by atoms with Crippen LogP contribution in [-0.4, -0.2) is 45.0 Å². The second kappa shape index (κ2) is 15.4. The quantitative estimate of drug-likeness (QED) is 0.102. The third-order valence-electron chi connectivity index (χ3n) is 6.87. The molecule has 4 rings (SSSR count). The van der Waals surface area contributed by atoms with E-state index in [1.807, 2.05) is 91.0 Å². The van der Waals surface area contributed by atoms with Crippen LogP contribution in [0.4, 0.5) is 0 Å². The number of esters is 1. The molecule has 0 aliphatic rings. The Morgan fingerprint density at radius 2 is 1.30 bits per heavy atom. The van der Waals surface area contributed by atoms with Crippen LogP contribution >= 0.6 is 7.60 Å². The standard InChI is InChI=1S/C34H41N4O7P/c1-25(2)44-46(41,45-26(3)4)24-38-32(35)36-23-37(33(38)40)21-31(43-27(5)39)22-42-34(28-15-9-6-10-16-28,29-17-11-7-12-18-29)30-19-13-8-14-20-30/h6-20,23,25-26,31,35H,21-22,24H2,1-5H3/t31-/m0/s1. The van der Waals surface area contributed by atoms with Gasteiger partial charge >= 0.3 is 19.3 Å². The number of hydrogen-bond acceptors (Lipinski definition) is 9. The maximum Gasteiger partial charge on any atom is 0.350 e. The van der Waals surface area contributed by atoms with Crippen LogP contribution < -0.4 is 11.3 Å². The van der Waals surface area contributed by atoms with E-state index < -0.39 is 55.1 Å². The van der Waals surface area contributed by atoms with E-state index in [0.717, 1.165) is 21.3 Å². The second-order valence-electron chi connectivity index (χ2n) is 11.3. The smallest absolute Gasteiger partial charge is 0.350 e. The monoisotopic (exact) mass is 648 g/mol. The average Bonchev–Trinajstić information content (AvgIpc) is 3.01. The Kier molecular flexibility index (Phi) is 11.6. The summed E-state index contributed by atoms with van der Waals surface area (Å²) in [6.45, 7) is 7.83. The van der Waals surface area contributed by atoms with Crippen LogP contribution in [0.3, 0.4) is 0 Å². The topological polar surface area (TPSA) is 135 Å². The maximum absolute atomic E-state index is 13.7. The summed E-state index contributed by atoms with van der Waals surface area (Å²) in [6.07, 6.45) is -1.18. The molecule has 11 nitrogen and oxygen atoms in total. The van der Waals surface area contributed by atoms with Crippen molar-refractivity contribution in [1.82, 2.24) is 14.1 Å².